The molecule has 2 saturated heterocycles. The number of benzene rings is 1. The second-order valence-electron chi connectivity index (χ2n) is 11.8. The van der Waals surface area contributed by atoms with Gasteiger partial charge in [-0.05, 0) is 68.9 Å². The number of hydrogen-bond acceptors (Lipinski definition) is 6. The summed E-state index contributed by atoms with van der Waals surface area (Å²) in [5.41, 5.74) is -0.255. The molecule has 1 N–H and O–H groups in total. The Morgan fingerprint density at radius 2 is 1.49 bits per heavy atom. The molecule has 7 rings (SSSR count). The summed E-state index contributed by atoms with van der Waals surface area (Å²) in [6, 6.07) is 9.31. The summed E-state index contributed by atoms with van der Waals surface area (Å²) < 4.78 is 2.79. The van der Waals surface area contributed by atoms with E-state index < -0.39 is 11.2 Å². The molecule has 2 aliphatic heterocycles. The lowest BCUT2D eigenvalue weighted by molar-refractivity contribution is -0.0485. The molecule has 0 spiro atoms. The van der Waals surface area contributed by atoms with E-state index in [1.165, 1.54) is 57.8 Å². The van der Waals surface area contributed by atoms with Crippen LogP contribution in [0.5, 0.6) is 0 Å². The number of hydrogen-bond donors (Lipinski definition) is 1. The van der Waals surface area contributed by atoms with Gasteiger partial charge in [0.1, 0.15) is 6.20 Å². The Kier molecular flexibility index (Phi) is 5.64. The molecular formula is C28H34N6O3. The highest BCUT2D eigenvalue weighted by molar-refractivity contribution is 5.75. The van der Waals surface area contributed by atoms with Crippen LogP contribution >= 0.6 is 0 Å². The maximum atomic E-state index is 14.0. The van der Waals surface area contributed by atoms with Crippen molar-refractivity contribution in [1.29, 1.82) is 0 Å². The van der Waals surface area contributed by atoms with Gasteiger partial charge in [0.05, 0.1) is 11.0 Å². The molecule has 4 fully saturated rings. The number of rotatable bonds is 3. The van der Waals surface area contributed by atoms with E-state index in [2.05, 4.69) is 20.0 Å². The van der Waals surface area contributed by atoms with Crippen molar-refractivity contribution in [2.24, 2.45) is 11.8 Å². The smallest absolute Gasteiger partial charge is 0.300 e. The van der Waals surface area contributed by atoms with Crippen LogP contribution in [0, 0.1) is 11.8 Å². The largest absolute Gasteiger partial charge is 0.351 e. The lowest BCUT2D eigenvalue weighted by Crippen LogP contribution is -2.58. The van der Waals surface area contributed by atoms with Crippen LogP contribution in [0.15, 0.2) is 44.8 Å². The molecule has 0 radical (unpaired) electrons. The number of aromatic amines is 1. The first kappa shape index (κ1) is 23.1. The zero-order valence-electron chi connectivity index (χ0n) is 21.1. The summed E-state index contributed by atoms with van der Waals surface area (Å²) in [5.74, 6) is 1.73. The van der Waals surface area contributed by atoms with Gasteiger partial charge in [-0.15, -0.1) is 0 Å². The quantitative estimate of drug-likeness (QED) is 0.590. The summed E-state index contributed by atoms with van der Waals surface area (Å²) in [6.45, 7) is 0. The van der Waals surface area contributed by atoms with E-state index in [9.17, 15) is 14.4 Å². The zero-order chi connectivity index (χ0) is 25.1. The molecule has 1 aromatic carbocycles. The van der Waals surface area contributed by atoms with Gasteiger partial charge < -0.3 is 4.57 Å². The highest BCUT2D eigenvalue weighted by Gasteiger charge is 2.45. The average Bonchev–Trinajstić information content (AvgIpc) is 2.88. The fraction of sp³-hybridized carbons (Fsp3) is 0.607. The molecule has 2 saturated carbocycles. The van der Waals surface area contributed by atoms with Crippen molar-refractivity contribution in [2.75, 3.05) is 0 Å². The number of nitrogens with zero attached hydrogens (tertiary/aromatic N) is 5. The number of para-hydroxylation sites is 2. The number of nitrogens with one attached hydrogen (secondary N) is 1. The summed E-state index contributed by atoms with van der Waals surface area (Å²) >= 11 is 0. The fourth-order valence-electron chi connectivity index (χ4n) is 8.28. The van der Waals surface area contributed by atoms with E-state index in [-0.39, 0.29) is 17.4 Å². The van der Waals surface area contributed by atoms with E-state index in [1.807, 2.05) is 28.8 Å². The standard InChI is InChI=1S/C28H34N6O3/c35-25-16-29-34(28(37)31-25)26-27(36)33(24-10-2-1-9-23(24)30-26)22-14-19-7-4-8-20(15-22)32(19)21-12-17-5-3-6-18(11-17)13-21/h1-2,9-10,16-22H,3-8,11-15H2,(H,31,35,37)/t17-,18+,19-,20?,21?,22?/m0/s1. The molecule has 0 amide bonds. The molecule has 4 bridgehead atoms. The molecular weight excluding hydrogens is 468 g/mol. The minimum atomic E-state index is -0.756. The van der Waals surface area contributed by atoms with Crippen molar-refractivity contribution in [2.45, 2.75) is 94.8 Å². The van der Waals surface area contributed by atoms with Gasteiger partial charge in [-0.25, -0.2) is 9.78 Å². The van der Waals surface area contributed by atoms with Crippen LogP contribution in [0.25, 0.3) is 16.9 Å². The Hall–Kier alpha value is -3.07. The molecule has 9 heteroatoms. The predicted octanol–water partition coefficient (Wildman–Crippen LogP) is 3.16. The van der Waals surface area contributed by atoms with Gasteiger partial charge in [-0.3, -0.25) is 19.5 Å². The third kappa shape index (κ3) is 3.98. The van der Waals surface area contributed by atoms with Crippen LogP contribution in [0.4, 0.5) is 0 Å². The molecule has 4 aliphatic rings. The van der Waals surface area contributed by atoms with Crippen LogP contribution < -0.4 is 16.8 Å². The second kappa shape index (κ2) is 9.04. The number of aromatic nitrogens is 5. The number of fused-ring (bicyclic) bond motifs is 5. The fourth-order valence-corrected chi connectivity index (χ4v) is 8.28. The van der Waals surface area contributed by atoms with Gasteiger partial charge in [-0.2, -0.15) is 9.78 Å². The Labute approximate surface area is 214 Å². The first-order valence-electron chi connectivity index (χ1n) is 14.0. The molecule has 6 atom stereocenters. The third-order valence-corrected chi connectivity index (χ3v) is 9.59. The van der Waals surface area contributed by atoms with Crippen molar-refractivity contribution in [3.05, 3.63) is 61.7 Å². The van der Waals surface area contributed by atoms with Crippen molar-refractivity contribution < 1.29 is 0 Å². The van der Waals surface area contributed by atoms with E-state index in [1.54, 1.807) is 0 Å². The highest BCUT2D eigenvalue weighted by atomic mass is 16.2. The zero-order valence-corrected chi connectivity index (χ0v) is 21.1. The van der Waals surface area contributed by atoms with Gasteiger partial charge >= 0.3 is 5.69 Å². The Balaban J connectivity index is 1.28. The molecule has 37 heavy (non-hydrogen) atoms. The van der Waals surface area contributed by atoms with Crippen molar-refractivity contribution in [1.82, 2.24) is 29.2 Å². The van der Waals surface area contributed by atoms with Crippen LogP contribution in [-0.2, 0) is 0 Å². The minimum absolute atomic E-state index is 0.0345. The lowest BCUT2D eigenvalue weighted by atomic mass is 9.68. The van der Waals surface area contributed by atoms with Gasteiger partial charge in [0, 0.05) is 24.2 Å². The van der Waals surface area contributed by atoms with Crippen LogP contribution in [0.3, 0.4) is 0 Å². The Morgan fingerprint density at radius 3 is 2.22 bits per heavy atom. The highest BCUT2D eigenvalue weighted by Crippen LogP contribution is 2.47. The van der Waals surface area contributed by atoms with E-state index in [0.29, 0.717) is 23.6 Å². The molecule has 3 unspecified atom stereocenters. The monoisotopic (exact) mass is 502 g/mol. The van der Waals surface area contributed by atoms with E-state index in [4.69, 9.17) is 0 Å². The maximum Gasteiger partial charge on any atom is 0.351 e. The first-order valence-corrected chi connectivity index (χ1v) is 14.0. The molecule has 2 aliphatic carbocycles. The molecule has 4 heterocycles. The first-order chi connectivity index (χ1) is 18.0. The van der Waals surface area contributed by atoms with Crippen LogP contribution in [-0.4, -0.2) is 47.3 Å². The topological polar surface area (TPSA) is 106 Å². The molecule has 9 nitrogen and oxygen atoms in total. The average molecular weight is 503 g/mol. The second-order valence-corrected chi connectivity index (χ2v) is 11.8. The predicted molar refractivity (Wildman–Crippen MR) is 140 cm³/mol. The Bertz CT molecular complexity index is 1480. The lowest BCUT2D eigenvalue weighted by Gasteiger charge is -2.55. The Morgan fingerprint density at radius 1 is 0.784 bits per heavy atom. The third-order valence-electron chi connectivity index (χ3n) is 9.59. The number of piperidine rings is 2. The van der Waals surface area contributed by atoms with Crippen molar-refractivity contribution >= 4 is 11.0 Å². The molecule has 194 valence electrons. The number of H-pyrrole nitrogens is 1. The molecule has 2 aromatic heterocycles. The van der Waals surface area contributed by atoms with Gasteiger partial charge in [-0.1, -0.05) is 37.8 Å². The normalized spacial score (nSPS) is 31.9. The van der Waals surface area contributed by atoms with Gasteiger partial charge in [0.15, 0.2) is 0 Å². The van der Waals surface area contributed by atoms with Gasteiger partial charge in [0.25, 0.3) is 11.1 Å². The summed E-state index contributed by atoms with van der Waals surface area (Å²) in [5, 5.41) is 3.94. The van der Waals surface area contributed by atoms with E-state index >= 15 is 0 Å². The molecule has 3 aromatic rings. The SMILES string of the molecule is O=c1cnn(-c2nc3ccccc3n(C3CC4CCC[C@@H](C3)N4C3C[C@H]4CCC[C@@H](C3)C4)c2=O)c(=O)[nH]1. The van der Waals surface area contributed by atoms with Crippen LogP contribution in [0.1, 0.15) is 76.7 Å². The summed E-state index contributed by atoms with van der Waals surface area (Å²) in [4.78, 5) is 47.7. The van der Waals surface area contributed by atoms with E-state index in [0.717, 1.165) is 41.1 Å². The maximum absolute atomic E-state index is 14.0. The summed E-state index contributed by atoms with van der Waals surface area (Å²) in [6.07, 6.45) is 14.8. The van der Waals surface area contributed by atoms with Crippen LogP contribution in [0.2, 0.25) is 0 Å². The van der Waals surface area contributed by atoms with Gasteiger partial charge in [0.2, 0.25) is 5.82 Å². The summed E-state index contributed by atoms with van der Waals surface area (Å²) in [7, 11) is 0. The minimum Gasteiger partial charge on any atom is -0.300 e. The van der Waals surface area contributed by atoms with Crippen molar-refractivity contribution in [3.63, 3.8) is 0 Å². The van der Waals surface area contributed by atoms with Crippen molar-refractivity contribution in [3.8, 4) is 5.82 Å².